The lowest BCUT2D eigenvalue weighted by Gasteiger charge is -2.34. The third-order valence-corrected chi connectivity index (χ3v) is 6.33. The zero-order chi connectivity index (χ0) is 17.9. The molecule has 3 aromatic heterocycles. The van der Waals surface area contributed by atoms with E-state index in [1.807, 2.05) is 34.7 Å². The lowest BCUT2D eigenvalue weighted by molar-refractivity contribution is -0.132. The number of aromatic nitrogens is 2. The van der Waals surface area contributed by atoms with Gasteiger partial charge in [0.1, 0.15) is 5.01 Å². The fourth-order valence-electron chi connectivity index (χ4n) is 3.03. The van der Waals surface area contributed by atoms with Gasteiger partial charge in [0.2, 0.25) is 5.91 Å². The molecule has 26 heavy (non-hydrogen) atoms. The van der Waals surface area contributed by atoms with Crippen LogP contribution in [0.15, 0.2) is 33.5 Å². The first-order valence-electron chi connectivity index (χ1n) is 8.58. The number of piperazine rings is 1. The molecule has 6 nitrogen and oxygen atoms in total. The number of amides is 1. The zero-order valence-corrected chi connectivity index (χ0v) is 16.2. The van der Waals surface area contributed by atoms with Gasteiger partial charge in [0.15, 0.2) is 5.76 Å². The Morgan fingerprint density at radius 2 is 2.12 bits per heavy atom. The SMILES string of the molecule is Cc1cc(CN2CCN(C(=O)Cc3csc(-c4cccs4)n3)CC2)on1. The minimum absolute atomic E-state index is 0.156. The Morgan fingerprint density at radius 1 is 1.27 bits per heavy atom. The molecule has 0 unspecified atom stereocenters. The number of rotatable bonds is 5. The molecule has 0 aliphatic carbocycles. The van der Waals surface area contributed by atoms with E-state index in [2.05, 4.69) is 21.1 Å². The van der Waals surface area contributed by atoms with Crippen LogP contribution in [0, 0.1) is 6.92 Å². The average Bonchev–Trinajstić information content (AvgIpc) is 3.37. The molecule has 0 radical (unpaired) electrons. The number of carbonyl (C=O) groups excluding carboxylic acids is 1. The van der Waals surface area contributed by atoms with Crippen LogP contribution < -0.4 is 0 Å². The van der Waals surface area contributed by atoms with Crippen LogP contribution in [0.2, 0.25) is 0 Å². The lowest BCUT2D eigenvalue weighted by Crippen LogP contribution is -2.48. The molecule has 1 amide bonds. The summed E-state index contributed by atoms with van der Waals surface area (Å²) in [6.45, 7) is 5.86. The van der Waals surface area contributed by atoms with Gasteiger partial charge in [-0.15, -0.1) is 22.7 Å². The fraction of sp³-hybridized carbons (Fsp3) is 0.389. The van der Waals surface area contributed by atoms with Crippen molar-refractivity contribution >= 4 is 28.6 Å². The minimum Gasteiger partial charge on any atom is -0.360 e. The molecule has 3 aromatic rings. The van der Waals surface area contributed by atoms with Gasteiger partial charge in [-0.05, 0) is 18.4 Å². The van der Waals surface area contributed by atoms with Crippen molar-refractivity contribution in [2.45, 2.75) is 19.9 Å². The monoisotopic (exact) mass is 388 g/mol. The van der Waals surface area contributed by atoms with Gasteiger partial charge in [-0.1, -0.05) is 11.2 Å². The molecule has 0 atom stereocenters. The highest BCUT2D eigenvalue weighted by molar-refractivity contribution is 7.20. The van der Waals surface area contributed by atoms with Gasteiger partial charge in [0, 0.05) is 37.6 Å². The summed E-state index contributed by atoms with van der Waals surface area (Å²) in [5.74, 6) is 1.04. The summed E-state index contributed by atoms with van der Waals surface area (Å²) >= 11 is 3.28. The standard InChI is InChI=1S/C18H20N4O2S2/c1-13-9-15(24-20-13)11-21-4-6-22(7-5-21)17(23)10-14-12-26-18(19-14)16-3-2-8-25-16/h2-3,8-9,12H,4-7,10-11H2,1H3. The van der Waals surface area contributed by atoms with Crippen LogP contribution in [0.4, 0.5) is 0 Å². The molecule has 0 aromatic carbocycles. The summed E-state index contributed by atoms with van der Waals surface area (Å²) < 4.78 is 5.27. The molecule has 1 saturated heterocycles. The highest BCUT2D eigenvalue weighted by Crippen LogP contribution is 2.28. The number of thiazole rings is 1. The second-order valence-corrected chi connectivity index (χ2v) is 8.20. The quantitative estimate of drug-likeness (QED) is 0.672. The van der Waals surface area contributed by atoms with Crippen molar-refractivity contribution in [2.75, 3.05) is 26.2 Å². The Kier molecular flexibility index (Phi) is 5.14. The molecule has 0 spiro atoms. The maximum atomic E-state index is 12.6. The van der Waals surface area contributed by atoms with Gasteiger partial charge in [-0.3, -0.25) is 9.69 Å². The van der Waals surface area contributed by atoms with Crippen LogP contribution in [0.25, 0.3) is 9.88 Å². The summed E-state index contributed by atoms with van der Waals surface area (Å²) in [5.41, 5.74) is 1.77. The second-order valence-electron chi connectivity index (χ2n) is 6.39. The Morgan fingerprint density at radius 3 is 2.81 bits per heavy atom. The molecule has 4 heterocycles. The van der Waals surface area contributed by atoms with Crippen molar-refractivity contribution in [1.29, 1.82) is 0 Å². The number of thiophene rings is 1. The van der Waals surface area contributed by atoms with Crippen molar-refractivity contribution in [1.82, 2.24) is 19.9 Å². The summed E-state index contributed by atoms with van der Waals surface area (Å²) in [7, 11) is 0. The Bertz CT molecular complexity index is 864. The third kappa shape index (κ3) is 4.03. The van der Waals surface area contributed by atoms with E-state index < -0.39 is 0 Å². The topological polar surface area (TPSA) is 62.5 Å². The average molecular weight is 389 g/mol. The molecule has 1 aliphatic rings. The maximum Gasteiger partial charge on any atom is 0.228 e. The van der Waals surface area contributed by atoms with Gasteiger partial charge in [-0.2, -0.15) is 0 Å². The molecule has 0 bridgehead atoms. The summed E-state index contributed by atoms with van der Waals surface area (Å²) in [6, 6.07) is 6.04. The van der Waals surface area contributed by atoms with Gasteiger partial charge < -0.3 is 9.42 Å². The van der Waals surface area contributed by atoms with Crippen LogP contribution >= 0.6 is 22.7 Å². The van der Waals surface area contributed by atoms with E-state index >= 15 is 0 Å². The van der Waals surface area contributed by atoms with Crippen molar-refractivity contribution in [3.05, 3.63) is 46.1 Å². The van der Waals surface area contributed by atoms with E-state index in [4.69, 9.17) is 4.52 Å². The maximum absolute atomic E-state index is 12.6. The van der Waals surface area contributed by atoms with Gasteiger partial charge in [0.05, 0.1) is 29.2 Å². The zero-order valence-electron chi connectivity index (χ0n) is 14.6. The highest BCUT2D eigenvalue weighted by atomic mass is 32.1. The van der Waals surface area contributed by atoms with Crippen LogP contribution in [0.5, 0.6) is 0 Å². The first-order valence-corrected chi connectivity index (χ1v) is 10.3. The third-order valence-electron chi connectivity index (χ3n) is 4.40. The number of carbonyl (C=O) groups is 1. The van der Waals surface area contributed by atoms with E-state index in [1.165, 1.54) is 0 Å². The Hall–Kier alpha value is -2.03. The summed E-state index contributed by atoms with van der Waals surface area (Å²) in [6.07, 6.45) is 0.378. The fourth-order valence-corrected chi connectivity index (χ4v) is 4.67. The van der Waals surface area contributed by atoms with E-state index in [0.717, 1.165) is 59.8 Å². The highest BCUT2D eigenvalue weighted by Gasteiger charge is 2.22. The van der Waals surface area contributed by atoms with Crippen LogP contribution in [0.1, 0.15) is 17.1 Å². The molecule has 8 heteroatoms. The first kappa shape index (κ1) is 17.4. The van der Waals surface area contributed by atoms with E-state index in [9.17, 15) is 4.79 Å². The summed E-state index contributed by atoms with van der Waals surface area (Å²) in [4.78, 5) is 22.6. The Balaban J connectivity index is 1.28. The van der Waals surface area contributed by atoms with Crippen molar-refractivity contribution in [3.8, 4) is 9.88 Å². The largest absolute Gasteiger partial charge is 0.360 e. The number of nitrogens with zero attached hydrogens (tertiary/aromatic N) is 4. The van der Waals surface area contributed by atoms with Crippen molar-refractivity contribution in [3.63, 3.8) is 0 Å². The molecule has 1 fully saturated rings. The van der Waals surface area contributed by atoms with Crippen LogP contribution in [-0.2, 0) is 17.8 Å². The van der Waals surface area contributed by atoms with E-state index in [1.54, 1.807) is 22.7 Å². The number of hydrogen-bond donors (Lipinski definition) is 0. The predicted octanol–water partition coefficient (Wildman–Crippen LogP) is 3.05. The van der Waals surface area contributed by atoms with Crippen LogP contribution in [0.3, 0.4) is 0 Å². The molecule has 1 aliphatic heterocycles. The molecule has 0 N–H and O–H groups in total. The Labute approximate surface area is 160 Å². The van der Waals surface area contributed by atoms with Crippen molar-refractivity contribution in [2.24, 2.45) is 0 Å². The van der Waals surface area contributed by atoms with E-state index in [0.29, 0.717) is 6.42 Å². The number of aryl methyl sites for hydroxylation is 1. The number of hydrogen-bond acceptors (Lipinski definition) is 7. The lowest BCUT2D eigenvalue weighted by atomic mass is 10.2. The van der Waals surface area contributed by atoms with E-state index in [-0.39, 0.29) is 5.91 Å². The second kappa shape index (κ2) is 7.69. The van der Waals surface area contributed by atoms with Gasteiger partial charge in [-0.25, -0.2) is 4.98 Å². The normalized spacial score (nSPS) is 15.5. The van der Waals surface area contributed by atoms with Crippen molar-refractivity contribution < 1.29 is 9.32 Å². The van der Waals surface area contributed by atoms with Gasteiger partial charge in [0.25, 0.3) is 0 Å². The molecular formula is C18H20N4O2S2. The smallest absolute Gasteiger partial charge is 0.228 e. The molecule has 0 saturated carbocycles. The molecular weight excluding hydrogens is 368 g/mol. The van der Waals surface area contributed by atoms with Gasteiger partial charge >= 0.3 is 0 Å². The molecule has 136 valence electrons. The van der Waals surface area contributed by atoms with Crippen LogP contribution in [-0.4, -0.2) is 52.0 Å². The first-order chi connectivity index (χ1) is 12.7. The molecule has 4 rings (SSSR count). The minimum atomic E-state index is 0.156. The summed E-state index contributed by atoms with van der Waals surface area (Å²) in [5, 5.41) is 8.95. The predicted molar refractivity (Wildman–Crippen MR) is 102 cm³/mol.